The lowest BCUT2D eigenvalue weighted by Crippen LogP contribution is -2.44. The molecule has 0 spiro atoms. The van der Waals surface area contributed by atoms with Crippen LogP contribution in [0.25, 0.3) is 0 Å². The van der Waals surface area contributed by atoms with E-state index >= 15 is 0 Å². The van der Waals surface area contributed by atoms with E-state index in [-0.39, 0.29) is 11.7 Å². The quantitative estimate of drug-likeness (QED) is 0.848. The van der Waals surface area contributed by atoms with E-state index in [0.717, 1.165) is 31.0 Å². The Morgan fingerprint density at radius 2 is 2.17 bits per heavy atom. The van der Waals surface area contributed by atoms with Crippen LogP contribution < -0.4 is 11.1 Å². The van der Waals surface area contributed by atoms with Crippen molar-refractivity contribution in [2.45, 2.75) is 32.2 Å². The van der Waals surface area contributed by atoms with E-state index in [2.05, 4.69) is 5.32 Å². The van der Waals surface area contributed by atoms with Crippen LogP contribution in [0.15, 0.2) is 30.3 Å². The number of benzene rings is 1. The van der Waals surface area contributed by atoms with Crippen molar-refractivity contribution >= 4 is 5.78 Å². The molecule has 0 bridgehead atoms. The van der Waals surface area contributed by atoms with Crippen LogP contribution in [0.4, 0.5) is 0 Å². The molecule has 0 saturated carbocycles. The number of carbonyl (C=O) groups excluding carboxylic acids is 1. The molecule has 0 aromatic heterocycles. The molecule has 1 unspecified atom stereocenters. The van der Waals surface area contributed by atoms with E-state index in [0.29, 0.717) is 6.42 Å². The summed E-state index contributed by atoms with van der Waals surface area (Å²) in [6, 6.07) is 10.6. The molecule has 1 aromatic rings. The average molecular weight is 245 g/mol. The fourth-order valence-electron chi connectivity index (χ4n) is 2.51. The van der Waals surface area contributed by atoms with Crippen LogP contribution in [-0.4, -0.2) is 18.4 Å². The van der Waals surface area contributed by atoms with E-state index in [9.17, 15) is 4.79 Å². The van der Waals surface area contributed by atoms with Gasteiger partial charge in [0.25, 0.3) is 0 Å². The highest BCUT2D eigenvalue weighted by Gasteiger charge is 2.31. The van der Waals surface area contributed by atoms with Gasteiger partial charge in [-0.1, -0.05) is 30.3 Å². The lowest BCUT2D eigenvalue weighted by molar-refractivity contribution is -0.124. The lowest BCUT2D eigenvalue weighted by Gasteiger charge is -2.29. The van der Waals surface area contributed by atoms with Crippen LogP contribution in [0.5, 0.6) is 0 Å². The van der Waals surface area contributed by atoms with E-state index in [1.54, 1.807) is 0 Å². The van der Waals surface area contributed by atoms with Crippen molar-refractivity contribution in [3.05, 3.63) is 41.9 Å². The average Bonchev–Trinajstić information content (AvgIpc) is 2.39. The maximum absolute atomic E-state index is 12.3. The topological polar surface area (TPSA) is 55.1 Å². The summed E-state index contributed by atoms with van der Waals surface area (Å²) in [4.78, 5) is 12.3. The molecule has 2 atom stereocenters. The number of hydrogen-bond acceptors (Lipinski definition) is 3. The highest BCUT2D eigenvalue weighted by atomic mass is 16.1. The van der Waals surface area contributed by atoms with Gasteiger partial charge in [0, 0.05) is 12.0 Å². The third-order valence-corrected chi connectivity index (χ3v) is 3.60. The van der Waals surface area contributed by atoms with Gasteiger partial charge in [-0.2, -0.15) is 0 Å². The van der Waals surface area contributed by atoms with Gasteiger partial charge >= 0.3 is 0 Å². The molecule has 0 aliphatic carbocycles. The van der Waals surface area contributed by atoms with Crippen molar-refractivity contribution in [3.63, 3.8) is 0 Å². The van der Waals surface area contributed by atoms with Gasteiger partial charge in [-0.15, -0.1) is 0 Å². The number of nitrogens with one attached hydrogen (secondary N) is 1. The van der Waals surface area contributed by atoms with Gasteiger partial charge in [-0.05, 0) is 38.3 Å². The van der Waals surface area contributed by atoms with Crippen LogP contribution in [0.1, 0.15) is 25.3 Å². The summed E-state index contributed by atoms with van der Waals surface area (Å²) in [5, 5.41) is 3.27. The van der Waals surface area contributed by atoms with Gasteiger partial charge in [0.1, 0.15) is 0 Å². The van der Waals surface area contributed by atoms with Gasteiger partial charge in [-0.3, -0.25) is 4.79 Å². The van der Waals surface area contributed by atoms with E-state index < -0.39 is 6.04 Å². The minimum Gasteiger partial charge on any atom is -0.321 e. The molecule has 3 heteroatoms. The first kappa shape index (κ1) is 13.2. The van der Waals surface area contributed by atoms with Crippen LogP contribution >= 0.6 is 0 Å². The van der Waals surface area contributed by atoms with Gasteiger partial charge in [-0.25, -0.2) is 0 Å². The number of nitrogens with two attached hydrogens (primary N) is 1. The fourth-order valence-corrected chi connectivity index (χ4v) is 2.51. The summed E-state index contributed by atoms with van der Waals surface area (Å²) in [6.07, 6.45) is 2.61. The molecular weight excluding hydrogens is 224 g/mol. The molecule has 1 aromatic carbocycles. The molecule has 1 fully saturated rings. The summed E-state index contributed by atoms with van der Waals surface area (Å²) in [7, 11) is 0. The maximum atomic E-state index is 12.3. The van der Waals surface area contributed by atoms with Crippen molar-refractivity contribution in [1.29, 1.82) is 0 Å². The van der Waals surface area contributed by atoms with Crippen molar-refractivity contribution in [2.24, 2.45) is 11.7 Å². The second-order valence-electron chi connectivity index (χ2n) is 5.00. The molecule has 3 nitrogen and oxygen atoms in total. The Bertz CT molecular complexity index is 391. The van der Waals surface area contributed by atoms with Crippen molar-refractivity contribution < 1.29 is 4.79 Å². The molecular formula is C15H21N2O. The highest BCUT2D eigenvalue weighted by Crippen LogP contribution is 2.24. The Morgan fingerprint density at radius 1 is 1.44 bits per heavy atom. The van der Waals surface area contributed by atoms with Crippen molar-refractivity contribution in [1.82, 2.24) is 5.32 Å². The first-order valence-corrected chi connectivity index (χ1v) is 6.59. The molecule has 3 N–H and O–H groups in total. The highest BCUT2D eigenvalue weighted by molar-refractivity contribution is 5.88. The number of ketones is 1. The third kappa shape index (κ3) is 3.18. The zero-order valence-corrected chi connectivity index (χ0v) is 10.9. The molecule has 1 aliphatic heterocycles. The van der Waals surface area contributed by atoms with Gasteiger partial charge in [0.2, 0.25) is 0 Å². The minimum absolute atomic E-state index is 0.00235. The Morgan fingerprint density at radius 3 is 2.83 bits per heavy atom. The number of carbonyl (C=O) groups is 1. The summed E-state index contributed by atoms with van der Waals surface area (Å²) in [6.45, 7) is 2.97. The van der Waals surface area contributed by atoms with E-state index in [4.69, 9.17) is 5.73 Å². The summed E-state index contributed by atoms with van der Waals surface area (Å²) >= 11 is 0. The number of piperidine rings is 1. The lowest BCUT2D eigenvalue weighted by atomic mass is 9.84. The monoisotopic (exact) mass is 245 g/mol. The Balaban J connectivity index is 1.96. The Kier molecular flexibility index (Phi) is 4.50. The fraction of sp³-hybridized carbons (Fsp3) is 0.467. The summed E-state index contributed by atoms with van der Waals surface area (Å²) in [5.41, 5.74) is 7.18. The largest absolute Gasteiger partial charge is 0.321 e. The third-order valence-electron chi connectivity index (χ3n) is 3.60. The standard InChI is InChI=1S/C15H21N2O/c1-11-13(8-5-9-17-11)15(18)14(16)10-12-6-3-2-4-7-12/h2-4,6-7,13-14,17H,5,8-10,16H2,1H3/t13?,14-/m1/s1. The SMILES string of the molecule is C[C]1NCCCC1C(=O)[C@H](N)Cc1ccccc1. The number of rotatable bonds is 4. The second kappa shape index (κ2) is 6.12. The second-order valence-corrected chi connectivity index (χ2v) is 5.00. The molecule has 2 rings (SSSR count). The van der Waals surface area contributed by atoms with Crippen LogP contribution in [0.2, 0.25) is 0 Å². The molecule has 97 valence electrons. The number of hydrogen-bond donors (Lipinski definition) is 2. The summed E-state index contributed by atoms with van der Waals surface area (Å²) < 4.78 is 0. The van der Waals surface area contributed by atoms with Gasteiger partial charge in [0.15, 0.2) is 5.78 Å². The zero-order chi connectivity index (χ0) is 13.0. The van der Waals surface area contributed by atoms with Crippen molar-refractivity contribution in [3.8, 4) is 0 Å². The zero-order valence-electron chi connectivity index (χ0n) is 10.9. The van der Waals surface area contributed by atoms with Crippen LogP contribution in [0.3, 0.4) is 0 Å². The predicted octanol–water partition coefficient (Wildman–Crippen LogP) is 1.68. The normalized spacial score (nSPS) is 22.7. The Hall–Kier alpha value is -1.19. The predicted molar refractivity (Wildman–Crippen MR) is 72.8 cm³/mol. The summed E-state index contributed by atoms with van der Waals surface area (Å²) in [5.74, 6) is 0.168. The molecule has 1 aliphatic rings. The van der Waals surface area contributed by atoms with E-state index in [1.165, 1.54) is 0 Å². The smallest absolute Gasteiger partial charge is 0.154 e. The van der Waals surface area contributed by atoms with Gasteiger partial charge < -0.3 is 11.1 Å². The van der Waals surface area contributed by atoms with Gasteiger partial charge in [0.05, 0.1) is 6.04 Å². The molecule has 1 heterocycles. The number of Topliss-reactive ketones (excluding diaryl/α,β-unsaturated/α-hetero) is 1. The van der Waals surface area contributed by atoms with E-state index in [1.807, 2.05) is 37.3 Å². The molecule has 0 amide bonds. The minimum atomic E-state index is -0.396. The molecule has 18 heavy (non-hydrogen) atoms. The first-order chi connectivity index (χ1) is 8.68. The first-order valence-electron chi connectivity index (χ1n) is 6.59. The van der Waals surface area contributed by atoms with Crippen LogP contribution in [-0.2, 0) is 11.2 Å². The molecule has 1 radical (unpaired) electrons. The van der Waals surface area contributed by atoms with Crippen molar-refractivity contribution in [2.75, 3.05) is 6.54 Å². The maximum Gasteiger partial charge on any atom is 0.154 e. The molecule has 1 saturated heterocycles. The Labute approximate surface area is 109 Å². The van der Waals surface area contributed by atoms with Crippen LogP contribution in [0, 0.1) is 12.0 Å².